The number of hydrogen-bond acceptors (Lipinski definition) is 4. The van der Waals surface area contributed by atoms with Crippen LogP contribution < -0.4 is 0 Å². The van der Waals surface area contributed by atoms with Crippen molar-refractivity contribution in [1.82, 2.24) is 0 Å². The third-order valence-corrected chi connectivity index (χ3v) is 2.42. The van der Waals surface area contributed by atoms with Crippen LogP contribution in [0.3, 0.4) is 0 Å². The molecule has 0 heterocycles. The second-order valence-electron chi connectivity index (χ2n) is 3.92. The molecule has 0 saturated heterocycles. The maximum atomic E-state index is 11.5. The van der Waals surface area contributed by atoms with E-state index in [4.69, 9.17) is 14.9 Å². The van der Waals surface area contributed by atoms with E-state index in [-0.39, 0.29) is 18.5 Å². The highest BCUT2D eigenvalue weighted by Gasteiger charge is 2.17. The molecule has 0 saturated carbocycles. The van der Waals surface area contributed by atoms with Crippen LogP contribution in [-0.4, -0.2) is 35.5 Å². The summed E-state index contributed by atoms with van der Waals surface area (Å²) in [6.45, 7) is 5.19. The van der Waals surface area contributed by atoms with Gasteiger partial charge in [0.25, 0.3) is 0 Å². The first-order chi connectivity index (χ1) is 7.52. The number of aliphatic hydroxyl groups excluding tert-OH is 2. The molecule has 0 aliphatic carbocycles. The molecule has 0 aliphatic rings. The van der Waals surface area contributed by atoms with Crippen molar-refractivity contribution in [2.45, 2.75) is 39.7 Å². The highest BCUT2D eigenvalue weighted by atomic mass is 16.5. The van der Waals surface area contributed by atoms with Crippen LogP contribution in [0.1, 0.15) is 33.6 Å². The van der Waals surface area contributed by atoms with Gasteiger partial charge in [0.05, 0.1) is 12.5 Å². The van der Waals surface area contributed by atoms with Gasteiger partial charge < -0.3 is 14.9 Å². The average molecular weight is 230 g/mol. The molecular formula is C12H22O4. The maximum Gasteiger partial charge on any atom is 0.312 e. The van der Waals surface area contributed by atoms with E-state index < -0.39 is 12.7 Å². The molecule has 4 heteroatoms. The van der Waals surface area contributed by atoms with Crippen LogP contribution >= 0.6 is 0 Å². The summed E-state index contributed by atoms with van der Waals surface area (Å²) >= 11 is 0. The molecule has 2 unspecified atom stereocenters. The molecule has 0 aromatic heterocycles. The third kappa shape index (κ3) is 5.88. The number of hydrogen-bond donors (Lipinski definition) is 2. The molecule has 0 rings (SSSR count). The summed E-state index contributed by atoms with van der Waals surface area (Å²) in [5, 5.41) is 17.6. The lowest BCUT2D eigenvalue weighted by atomic mass is 10.0. The topological polar surface area (TPSA) is 66.8 Å². The predicted octanol–water partition coefficient (Wildman–Crippen LogP) is 1.27. The molecule has 2 N–H and O–H groups in total. The standard InChI is InChI=1S/C12H22O4/c1-4-5-6-9(2)10(3)12(15)16-8-11(14)7-13/h6,10-11,13-14H,4-5,7-8H2,1-3H3. The van der Waals surface area contributed by atoms with Crippen molar-refractivity contribution >= 4 is 5.97 Å². The van der Waals surface area contributed by atoms with Crippen molar-refractivity contribution in [1.29, 1.82) is 0 Å². The number of rotatable bonds is 7. The average Bonchev–Trinajstić information content (AvgIpc) is 2.31. The second-order valence-corrected chi connectivity index (χ2v) is 3.92. The monoisotopic (exact) mass is 230 g/mol. The summed E-state index contributed by atoms with van der Waals surface area (Å²) in [5.41, 5.74) is 0.977. The Bertz CT molecular complexity index is 235. The highest BCUT2D eigenvalue weighted by Crippen LogP contribution is 2.13. The number of ether oxygens (including phenoxy) is 1. The fourth-order valence-electron chi connectivity index (χ4n) is 1.09. The smallest absolute Gasteiger partial charge is 0.312 e. The predicted molar refractivity (Wildman–Crippen MR) is 61.9 cm³/mol. The molecule has 0 spiro atoms. The van der Waals surface area contributed by atoms with Crippen molar-refractivity contribution < 1.29 is 19.7 Å². The second kappa shape index (κ2) is 8.30. The lowest BCUT2D eigenvalue weighted by Crippen LogP contribution is -2.25. The van der Waals surface area contributed by atoms with E-state index in [0.29, 0.717) is 0 Å². The van der Waals surface area contributed by atoms with E-state index in [1.807, 2.05) is 13.0 Å². The van der Waals surface area contributed by atoms with Crippen LogP contribution in [0.2, 0.25) is 0 Å². The first-order valence-corrected chi connectivity index (χ1v) is 5.65. The molecular weight excluding hydrogens is 208 g/mol. The highest BCUT2D eigenvalue weighted by molar-refractivity contribution is 5.75. The van der Waals surface area contributed by atoms with Gasteiger partial charge in [-0.1, -0.05) is 25.0 Å². The molecule has 16 heavy (non-hydrogen) atoms. The van der Waals surface area contributed by atoms with Crippen LogP contribution in [0, 0.1) is 5.92 Å². The number of allylic oxidation sites excluding steroid dienone is 1. The van der Waals surface area contributed by atoms with E-state index >= 15 is 0 Å². The van der Waals surface area contributed by atoms with Gasteiger partial charge in [-0.3, -0.25) is 4.79 Å². The van der Waals surface area contributed by atoms with E-state index in [9.17, 15) is 4.79 Å². The van der Waals surface area contributed by atoms with Crippen molar-refractivity contribution in [3.05, 3.63) is 11.6 Å². The van der Waals surface area contributed by atoms with Crippen LogP contribution in [0.5, 0.6) is 0 Å². The van der Waals surface area contributed by atoms with Crippen molar-refractivity contribution in [2.24, 2.45) is 5.92 Å². The molecule has 4 nitrogen and oxygen atoms in total. The van der Waals surface area contributed by atoms with Gasteiger partial charge in [-0.25, -0.2) is 0 Å². The zero-order valence-corrected chi connectivity index (χ0v) is 10.3. The lowest BCUT2D eigenvalue weighted by Gasteiger charge is -2.13. The van der Waals surface area contributed by atoms with E-state index in [2.05, 4.69) is 6.92 Å². The Morgan fingerprint density at radius 2 is 2.12 bits per heavy atom. The summed E-state index contributed by atoms with van der Waals surface area (Å²) in [5.74, 6) is -0.658. The van der Waals surface area contributed by atoms with Gasteiger partial charge >= 0.3 is 5.97 Å². The van der Waals surface area contributed by atoms with Gasteiger partial charge in [-0.2, -0.15) is 0 Å². The van der Waals surface area contributed by atoms with Crippen molar-refractivity contribution in [3.8, 4) is 0 Å². The number of esters is 1. The van der Waals surface area contributed by atoms with Crippen molar-refractivity contribution in [3.63, 3.8) is 0 Å². The molecule has 0 fully saturated rings. The number of carbonyl (C=O) groups excluding carboxylic acids is 1. The fourth-order valence-corrected chi connectivity index (χ4v) is 1.09. The molecule has 0 radical (unpaired) electrons. The largest absolute Gasteiger partial charge is 0.462 e. The van der Waals surface area contributed by atoms with Gasteiger partial charge in [0, 0.05) is 0 Å². The minimum atomic E-state index is -0.990. The van der Waals surface area contributed by atoms with Crippen LogP contribution in [-0.2, 0) is 9.53 Å². The number of carbonyl (C=O) groups is 1. The molecule has 0 bridgehead atoms. The van der Waals surface area contributed by atoms with E-state index in [0.717, 1.165) is 18.4 Å². The molecule has 0 amide bonds. The molecule has 0 aromatic rings. The van der Waals surface area contributed by atoms with Gasteiger partial charge in [-0.05, 0) is 20.3 Å². The molecule has 0 aliphatic heterocycles. The minimum Gasteiger partial charge on any atom is -0.462 e. The quantitative estimate of drug-likeness (QED) is 0.510. The third-order valence-electron chi connectivity index (χ3n) is 2.42. The Kier molecular flexibility index (Phi) is 7.85. The zero-order valence-electron chi connectivity index (χ0n) is 10.3. The van der Waals surface area contributed by atoms with Crippen LogP contribution in [0.25, 0.3) is 0 Å². The number of aliphatic hydroxyl groups is 2. The summed E-state index contributed by atoms with van der Waals surface area (Å²) in [7, 11) is 0. The van der Waals surface area contributed by atoms with Gasteiger partial charge in [0.2, 0.25) is 0 Å². The lowest BCUT2D eigenvalue weighted by molar-refractivity contribution is -0.150. The van der Waals surface area contributed by atoms with Crippen molar-refractivity contribution in [2.75, 3.05) is 13.2 Å². The summed E-state index contributed by atoms with van der Waals surface area (Å²) in [6.07, 6.45) is 3.02. The SMILES string of the molecule is CCCC=C(C)C(C)C(=O)OCC(O)CO. The summed E-state index contributed by atoms with van der Waals surface area (Å²) in [6, 6.07) is 0. The minimum absolute atomic E-state index is 0.152. The molecule has 94 valence electrons. The van der Waals surface area contributed by atoms with Crippen LogP contribution in [0.15, 0.2) is 11.6 Å². The fraction of sp³-hybridized carbons (Fsp3) is 0.750. The van der Waals surface area contributed by atoms with E-state index in [1.165, 1.54) is 0 Å². The van der Waals surface area contributed by atoms with Gasteiger partial charge in [0.1, 0.15) is 12.7 Å². The zero-order chi connectivity index (χ0) is 12.6. The van der Waals surface area contributed by atoms with E-state index in [1.54, 1.807) is 6.92 Å². The Hall–Kier alpha value is -0.870. The molecule has 2 atom stereocenters. The first kappa shape index (κ1) is 15.1. The number of unbranched alkanes of at least 4 members (excludes halogenated alkanes) is 1. The van der Waals surface area contributed by atoms with Gasteiger partial charge in [0.15, 0.2) is 0 Å². The summed E-state index contributed by atoms with van der Waals surface area (Å²) in [4.78, 5) is 11.5. The Labute approximate surface area is 96.9 Å². The van der Waals surface area contributed by atoms with Crippen LogP contribution in [0.4, 0.5) is 0 Å². The Balaban J connectivity index is 4.07. The summed E-state index contributed by atoms with van der Waals surface area (Å²) < 4.78 is 4.87. The van der Waals surface area contributed by atoms with Gasteiger partial charge in [-0.15, -0.1) is 0 Å². The Morgan fingerprint density at radius 1 is 1.50 bits per heavy atom. The Morgan fingerprint density at radius 3 is 2.62 bits per heavy atom. The normalized spacial score (nSPS) is 15.7. The molecule has 0 aromatic carbocycles. The first-order valence-electron chi connectivity index (χ1n) is 5.65. The maximum absolute atomic E-state index is 11.5.